The zero-order valence-corrected chi connectivity index (χ0v) is 9.44. The number of primary amides is 1. The monoisotopic (exact) mass is 219 g/mol. The number of hydrogen-bond donors (Lipinski definition) is 2. The van der Waals surface area contributed by atoms with Gasteiger partial charge in [0.25, 0.3) is 0 Å². The maximum absolute atomic E-state index is 10.8. The Hall–Kier alpha value is -1.42. The van der Waals surface area contributed by atoms with Gasteiger partial charge in [-0.1, -0.05) is 6.07 Å². The predicted octanol–water partition coefficient (Wildman–Crippen LogP) is 0.922. The maximum Gasteiger partial charge on any atom is 0.218 e. The molecule has 0 radical (unpaired) electrons. The van der Waals surface area contributed by atoms with Crippen molar-refractivity contribution in [1.29, 1.82) is 0 Å². The van der Waals surface area contributed by atoms with Gasteiger partial charge in [0.2, 0.25) is 5.91 Å². The number of hydrogen-bond acceptors (Lipinski definition) is 3. The molecule has 1 heterocycles. The Balaban J connectivity index is 2.00. The van der Waals surface area contributed by atoms with Crippen molar-refractivity contribution >= 4 is 5.91 Å². The molecule has 1 amide bonds. The summed E-state index contributed by atoms with van der Waals surface area (Å²) in [5.41, 5.74) is 7.60. The molecule has 0 saturated heterocycles. The summed E-state index contributed by atoms with van der Waals surface area (Å²) in [6.07, 6.45) is 4.30. The molecule has 0 bridgehead atoms. The van der Waals surface area contributed by atoms with Crippen LogP contribution in [0.15, 0.2) is 18.3 Å². The van der Waals surface area contributed by atoms with Gasteiger partial charge in [-0.2, -0.15) is 0 Å². The fourth-order valence-corrected chi connectivity index (χ4v) is 2.28. The number of aromatic nitrogens is 1. The van der Waals surface area contributed by atoms with Gasteiger partial charge in [0.1, 0.15) is 0 Å². The number of carbonyl (C=O) groups excluding carboxylic acids is 1. The van der Waals surface area contributed by atoms with E-state index in [-0.39, 0.29) is 18.0 Å². The number of fused-ring (bicyclic) bond motifs is 1. The topological polar surface area (TPSA) is 68.0 Å². The molecule has 0 aromatic carbocycles. The largest absolute Gasteiger partial charge is 0.370 e. The van der Waals surface area contributed by atoms with Crippen molar-refractivity contribution in [3.63, 3.8) is 0 Å². The highest BCUT2D eigenvalue weighted by atomic mass is 16.1. The number of amides is 1. The van der Waals surface area contributed by atoms with Crippen molar-refractivity contribution < 1.29 is 4.79 Å². The third-order valence-electron chi connectivity index (χ3n) is 2.95. The highest BCUT2D eigenvalue weighted by molar-refractivity contribution is 5.74. The van der Waals surface area contributed by atoms with Crippen molar-refractivity contribution in [2.45, 2.75) is 38.3 Å². The third kappa shape index (κ3) is 2.39. The Bertz CT molecular complexity index is 392. The van der Waals surface area contributed by atoms with Gasteiger partial charge in [0, 0.05) is 18.7 Å². The van der Waals surface area contributed by atoms with Crippen molar-refractivity contribution in [3.8, 4) is 0 Å². The van der Waals surface area contributed by atoms with E-state index in [0.29, 0.717) is 6.42 Å². The average molecular weight is 219 g/mol. The lowest BCUT2D eigenvalue weighted by molar-refractivity contribution is -0.118. The minimum absolute atomic E-state index is 0.107. The summed E-state index contributed by atoms with van der Waals surface area (Å²) in [4.78, 5) is 15.2. The van der Waals surface area contributed by atoms with E-state index < -0.39 is 0 Å². The van der Waals surface area contributed by atoms with Gasteiger partial charge in [-0.3, -0.25) is 9.78 Å². The summed E-state index contributed by atoms with van der Waals surface area (Å²) >= 11 is 0. The van der Waals surface area contributed by atoms with E-state index in [9.17, 15) is 4.79 Å². The summed E-state index contributed by atoms with van der Waals surface area (Å²) in [6, 6.07) is 4.46. The quantitative estimate of drug-likeness (QED) is 0.791. The second kappa shape index (κ2) is 4.61. The van der Waals surface area contributed by atoms with Crippen LogP contribution in [0.3, 0.4) is 0 Å². The van der Waals surface area contributed by atoms with E-state index in [2.05, 4.69) is 16.4 Å². The molecule has 1 aliphatic rings. The third-order valence-corrected chi connectivity index (χ3v) is 2.95. The van der Waals surface area contributed by atoms with E-state index in [0.717, 1.165) is 18.5 Å². The Kier molecular flexibility index (Phi) is 3.19. The summed E-state index contributed by atoms with van der Waals surface area (Å²) in [7, 11) is 0. The van der Waals surface area contributed by atoms with Gasteiger partial charge in [0.15, 0.2) is 0 Å². The highest BCUT2D eigenvalue weighted by Crippen LogP contribution is 2.29. The van der Waals surface area contributed by atoms with Crippen LogP contribution in [-0.2, 0) is 11.2 Å². The standard InChI is InChI=1S/C12H17N3O/c1-8(7-11(13)16)15-10-5-4-9-3-2-6-14-12(9)10/h2-3,6,8,10,15H,4-5,7H2,1H3,(H2,13,16). The highest BCUT2D eigenvalue weighted by Gasteiger charge is 2.24. The van der Waals surface area contributed by atoms with E-state index in [1.54, 1.807) is 0 Å². The van der Waals surface area contributed by atoms with Crippen molar-refractivity contribution in [2.24, 2.45) is 5.73 Å². The molecule has 86 valence electrons. The first-order valence-corrected chi connectivity index (χ1v) is 5.65. The zero-order valence-electron chi connectivity index (χ0n) is 9.44. The number of carbonyl (C=O) groups is 1. The number of aryl methyl sites for hydroxylation is 1. The molecule has 2 unspecified atom stereocenters. The molecular weight excluding hydrogens is 202 g/mol. The average Bonchev–Trinajstić information content (AvgIpc) is 2.61. The van der Waals surface area contributed by atoms with Gasteiger partial charge < -0.3 is 11.1 Å². The molecule has 0 aliphatic heterocycles. The molecule has 1 aromatic heterocycles. The van der Waals surface area contributed by atoms with Crippen molar-refractivity contribution in [1.82, 2.24) is 10.3 Å². The van der Waals surface area contributed by atoms with Crippen LogP contribution in [0.4, 0.5) is 0 Å². The molecule has 16 heavy (non-hydrogen) atoms. The number of rotatable bonds is 4. The molecule has 0 fully saturated rings. The lowest BCUT2D eigenvalue weighted by Crippen LogP contribution is -2.33. The minimum atomic E-state index is -0.265. The van der Waals surface area contributed by atoms with Crippen LogP contribution >= 0.6 is 0 Å². The number of nitrogens with zero attached hydrogens (tertiary/aromatic N) is 1. The number of nitrogens with one attached hydrogen (secondary N) is 1. The summed E-state index contributed by atoms with van der Waals surface area (Å²) in [6.45, 7) is 1.98. The van der Waals surface area contributed by atoms with Crippen LogP contribution in [0.1, 0.15) is 37.1 Å². The smallest absolute Gasteiger partial charge is 0.218 e. The number of nitrogens with two attached hydrogens (primary N) is 1. The summed E-state index contributed by atoms with van der Waals surface area (Å²) in [5, 5.41) is 3.40. The second-order valence-corrected chi connectivity index (χ2v) is 4.38. The van der Waals surface area contributed by atoms with Gasteiger partial charge in [-0.05, 0) is 31.4 Å². The molecule has 0 spiro atoms. The molecule has 0 saturated carbocycles. The van der Waals surface area contributed by atoms with Gasteiger partial charge >= 0.3 is 0 Å². The Labute approximate surface area is 95.3 Å². The molecule has 3 N–H and O–H groups in total. The van der Waals surface area contributed by atoms with Crippen LogP contribution in [0.2, 0.25) is 0 Å². The lowest BCUT2D eigenvalue weighted by Gasteiger charge is -2.18. The van der Waals surface area contributed by atoms with Crippen LogP contribution < -0.4 is 11.1 Å². The van der Waals surface area contributed by atoms with Crippen LogP contribution in [0.5, 0.6) is 0 Å². The van der Waals surface area contributed by atoms with Crippen LogP contribution in [0, 0.1) is 0 Å². The van der Waals surface area contributed by atoms with Gasteiger partial charge in [-0.15, -0.1) is 0 Å². The summed E-state index contributed by atoms with van der Waals surface area (Å²) < 4.78 is 0. The first-order chi connectivity index (χ1) is 7.66. The predicted molar refractivity (Wildman–Crippen MR) is 61.7 cm³/mol. The normalized spacial score (nSPS) is 20.4. The van der Waals surface area contributed by atoms with E-state index in [1.165, 1.54) is 5.56 Å². The van der Waals surface area contributed by atoms with Crippen molar-refractivity contribution in [2.75, 3.05) is 0 Å². The van der Waals surface area contributed by atoms with Crippen LogP contribution in [0.25, 0.3) is 0 Å². The van der Waals surface area contributed by atoms with E-state index in [1.807, 2.05) is 19.2 Å². The molecular formula is C12H17N3O. The molecule has 2 atom stereocenters. The minimum Gasteiger partial charge on any atom is -0.370 e. The fraction of sp³-hybridized carbons (Fsp3) is 0.500. The first kappa shape index (κ1) is 11.1. The molecule has 1 aromatic rings. The molecule has 2 rings (SSSR count). The van der Waals surface area contributed by atoms with Crippen LogP contribution in [-0.4, -0.2) is 16.9 Å². The maximum atomic E-state index is 10.8. The molecule has 1 aliphatic carbocycles. The lowest BCUT2D eigenvalue weighted by atomic mass is 10.1. The summed E-state index contributed by atoms with van der Waals surface area (Å²) in [5.74, 6) is -0.265. The van der Waals surface area contributed by atoms with Crippen molar-refractivity contribution in [3.05, 3.63) is 29.6 Å². The van der Waals surface area contributed by atoms with E-state index >= 15 is 0 Å². The van der Waals surface area contributed by atoms with Gasteiger partial charge in [0.05, 0.1) is 11.7 Å². The molecule has 4 nitrogen and oxygen atoms in total. The van der Waals surface area contributed by atoms with Gasteiger partial charge in [-0.25, -0.2) is 0 Å². The number of pyridine rings is 1. The fourth-order valence-electron chi connectivity index (χ4n) is 2.28. The Morgan fingerprint density at radius 1 is 1.75 bits per heavy atom. The molecule has 4 heteroatoms. The Morgan fingerprint density at radius 2 is 2.56 bits per heavy atom. The first-order valence-electron chi connectivity index (χ1n) is 5.65. The SMILES string of the molecule is CC(CC(N)=O)NC1CCc2cccnc21. The Morgan fingerprint density at radius 3 is 3.31 bits per heavy atom. The van der Waals surface area contributed by atoms with E-state index in [4.69, 9.17) is 5.73 Å². The zero-order chi connectivity index (χ0) is 11.5. The second-order valence-electron chi connectivity index (χ2n) is 4.38.